The van der Waals surface area contributed by atoms with Gasteiger partial charge in [-0.3, -0.25) is 0 Å². The fraction of sp³-hybridized carbons (Fsp3) is 0.267. The van der Waals surface area contributed by atoms with E-state index in [0.717, 1.165) is 23.0 Å². The van der Waals surface area contributed by atoms with Gasteiger partial charge in [-0.25, -0.2) is 0 Å². The largest absolute Gasteiger partial charge is 0.463 e. The highest BCUT2D eigenvalue weighted by Gasteiger charge is 2.13. The minimum absolute atomic E-state index is 0.0864. The Morgan fingerprint density at radius 2 is 2.10 bits per heavy atom. The predicted octanol–water partition coefficient (Wildman–Crippen LogP) is 4.04. The topological polar surface area (TPSA) is 61.0 Å². The van der Waals surface area contributed by atoms with Gasteiger partial charge in [0.15, 0.2) is 5.76 Å². The van der Waals surface area contributed by atoms with Crippen LogP contribution in [0.15, 0.2) is 28.7 Å². The monoisotopic (exact) mass is 303 g/mol. The maximum atomic E-state index is 5.92. The van der Waals surface area contributed by atoms with Crippen LogP contribution in [0, 0.1) is 6.92 Å². The van der Waals surface area contributed by atoms with E-state index in [0.29, 0.717) is 18.2 Å². The van der Waals surface area contributed by atoms with E-state index in [1.54, 1.807) is 0 Å². The number of rotatable bonds is 4. The van der Waals surface area contributed by atoms with Crippen LogP contribution in [-0.2, 0) is 0 Å². The van der Waals surface area contributed by atoms with Crippen molar-refractivity contribution in [2.24, 2.45) is 0 Å². The number of furan rings is 1. The van der Waals surface area contributed by atoms with Crippen LogP contribution in [0.1, 0.15) is 18.9 Å². The minimum atomic E-state index is 0.0864. The van der Waals surface area contributed by atoms with Crippen molar-refractivity contribution in [2.75, 3.05) is 6.61 Å². The summed E-state index contributed by atoms with van der Waals surface area (Å²) < 4.78 is 11.2. The maximum absolute atomic E-state index is 5.92. The van der Waals surface area contributed by atoms with Gasteiger partial charge in [-0.1, -0.05) is 25.1 Å². The lowest BCUT2D eigenvalue weighted by Crippen LogP contribution is -2.02. The molecule has 0 fully saturated rings. The van der Waals surface area contributed by atoms with E-state index in [2.05, 4.69) is 15.0 Å². The highest BCUT2D eigenvalue weighted by molar-refractivity contribution is 6.28. The molecule has 0 radical (unpaired) electrons. The van der Waals surface area contributed by atoms with Crippen LogP contribution in [0.3, 0.4) is 0 Å². The summed E-state index contributed by atoms with van der Waals surface area (Å²) in [5.74, 6) is 0.918. The van der Waals surface area contributed by atoms with Crippen LogP contribution in [0.2, 0.25) is 5.28 Å². The normalized spacial score (nSPS) is 11.0. The first-order valence-corrected chi connectivity index (χ1v) is 7.09. The molecule has 0 saturated carbocycles. The zero-order valence-corrected chi connectivity index (χ0v) is 12.5. The standard InChI is InChI=1S/C15H14ClN3O2/c1-3-7-20-15-18-13(17-14(16)19-15)11-8-10-6-4-5-9(2)12(10)21-11/h4-6,8H,3,7H2,1-2H3. The van der Waals surface area contributed by atoms with Crippen LogP contribution < -0.4 is 4.74 Å². The van der Waals surface area contributed by atoms with Gasteiger partial charge in [0.05, 0.1) is 6.61 Å². The Bertz CT molecular complexity index is 786. The summed E-state index contributed by atoms with van der Waals surface area (Å²) >= 11 is 5.92. The van der Waals surface area contributed by atoms with Crippen molar-refractivity contribution in [1.29, 1.82) is 0 Å². The fourth-order valence-electron chi connectivity index (χ4n) is 2.02. The van der Waals surface area contributed by atoms with Gasteiger partial charge in [-0.2, -0.15) is 15.0 Å². The van der Waals surface area contributed by atoms with E-state index in [4.69, 9.17) is 20.8 Å². The van der Waals surface area contributed by atoms with Crippen LogP contribution in [0.4, 0.5) is 0 Å². The van der Waals surface area contributed by atoms with E-state index in [1.165, 1.54) is 0 Å². The number of hydrogen-bond acceptors (Lipinski definition) is 5. The lowest BCUT2D eigenvalue weighted by atomic mass is 10.2. The number of aromatic nitrogens is 3. The van der Waals surface area contributed by atoms with E-state index < -0.39 is 0 Å². The van der Waals surface area contributed by atoms with Crippen molar-refractivity contribution in [2.45, 2.75) is 20.3 Å². The van der Waals surface area contributed by atoms with Crippen molar-refractivity contribution in [3.8, 4) is 17.6 Å². The van der Waals surface area contributed by atoms with Crippen molar-refractivity contribution >= 4 is 22.6 Å². The number of halogens is 1. The first kappa shape index (κ1) is 13.8. The Morgan fingerprint density at radius 3 is 2.86 bits per heavy atom. The maximum Gasteiger partial charge on any atom is 0.321 e. The number of nitrogens with zero attached hydrogens (tertiary/aromatic N) is 3. The van der Waals surface area contributed by atoms with Crippen molar-refractivity contribution in [3.63, 3.8) is 0 Å². The van der Waals surface area contributed by atoms with Crippen LogP contribution in [-0.4, -0.2) is 21.6 Å². The van der Waals surface area contributed by atoms with E-state index in [-0.39, 0.29) is 11.3 Å². The average molecular weight is 304 g/mol. The summed E-state index contributed by atoms with van der Waals surface area (Å²) in [7, 11) is 0. The third-order valence-corrected chi connectivity index (χ3v) is 3.15. The summed E-state index contributed by atoms with van der Waals surface area (Å²) in [5, 5.41) is 1.08. The molecule has 0 saturated heterocycles. The Balaban J connectivity index is 2.05. The number of para-hydroxylation sites is 1. The van der Waals surface area contributed by atoms with Gasteiger partial charge in [-0.15, -0.1) is 0 Å². The summed E-state index contributed by atoms with van der Waals surface area (Å²) in [4.78, 5) is 12.3. The molecule has 0 aliphatic heterocycles. The highest BCUT2D eigenvalue weighted by Crippen LogP contribution is 2.28. The van der Waals surface area contributed by atoms with Crippen LogP contribution in [0.5, 0.6) is 6.01 Å². The molecule has 108 valence electrons. The molecule has 5 nitrogen and oxygen atoms in total. The summed E-state index contributed by atoms with van der Waals surface area (Å²) in [6, 6.07) is 8.05. The molecule has 1 aromatic carbocycles. The SMILES string of the molecule is CCCOc1nc(Cl)nc(-c2cc3cccc(C)c3o2)n1. The van der Waals surface area contributed by atoms with Crippen molar-refractivity contribution in [3.05, 3.63) is 35.1 Å². The molecule has 21 heavy (non-hydrogen) atoms. The van der Waals surface area contributed by atoms with E-state index in [1.807, 2.05) is 38.1 Å². The molecular weight excluding hydrogens is 290 g/mol. The number of benzene rings is 1. The van der Waals surface area contributed by atoms with E-state index in [9.17, 15) is 0 Å². The first-order valence-electron chi connectivity index (χ1n) is 6.71. The van der Waals surface area contributed by atoms with Gasteiger partial charge in [0.25, 0.3) is 0 Å². The molecule has 0 amide bonds. The second kappa shape index (κ2) is 5.69. The Kier molecular flexibility index (Phi) is 3.75. The molecule has 0 aliphatic rings. The quantitative estimate of drug-likeness (QED) is 0.728. The molecule has 2 aromatic heterocycles. The molecule has 0 unspecified atom stereocenters. The third kappa shape index (κ3) is 2.83. The molecule has 3 rings (SSSR count). The van der Waals surface area contributed by atoms with Gasteiger partial charge in [0.2, 0.25) is 11.1 Å². The van der Waals surface area contributed by atoms with Gasteiger partial charge < -0.3 is 9.15 Å². The third-order valence-electron chi connectivity index (χ3n) is 2.98. The summed E-state index contributed by atoms with van der Waals surface area (Å²) in [6.07, 6.45) is 0.864. The number of fused-ring (bicyclic) bond motifs is 1. The smallest absolute Gasteiger partial charge is 0.321 e. The highest BCUT2D eigenvalue weighted by atomic mass is 35.5. The fourth-order valence-corrected chi connectivity index (χ4v) is 2.17. The molecule has 2 heterocycles. The van der Waals surface area contributed by atoms with Gasteiger partial charge in [-0.05, 0) is 36.6 Å². The predicted molar refractivity (Wildman–Crippen MR) is 80.6 cm³/mol. The molecule has 0 N–H and O–H groups in total. The molecular formula is C15H14ClN3O2. The van der Waals surface area contributed by atoms with Crippen LogP contribution in [0.25, 0.3) is 22.6 Å². The van der Waals surface area contributed by atoms with Gasteiger partial charge in [0.1, 0.15) is 5.58 Å². The Morgan fingerprint density at radius 1 is 1.24 bits per heavy atom. The number of ether oxygens (including phenoxy) is 1. The minimum Gasteiger partial charge on any atom is -0.463 e. The Labute approximate surface area is 127 Å². The molecule has 6 heteroatoms. The first-order chi connectivity index (χ1) is 10.2. The lowest BCUT2D eigenvalue weighted by molar-refractivity contribution is 0.291. The molecule has 3 aromatic rings. The van der Waals surface area contributed by atoms with Gasteiger partial charge in [0, 0.05) is 5.39 Å². The second-order valence-electron chi connectivity index (χ2n) is 4.66. The summed E-state index contributed by atoms with van der Waals surface area (Å²) in [6.45, 7) is 4.52. The average Bonchev–Trinajstić information content (AvgIpc) is 2.90. The molecule has 0 bridgehead atoms. The molecule has 0 atom stereocenters. The number of hydrogen-bond donors (Lipinski definition) is 0. The summed E-state index contributed by atoms with van der Waals surface area (Å²) in [5.41, 5.74) is 1.88. The van der Waals surface area contributed by atoms with Crippen LogP contribution >= 0.6 is 11.6 Å². The van der Waals surface area contributed by atoms with Gasteiger partial charge >= 0.3 is 6.01 Å². The molecule has 0 spiro atoms. The zero-order valence-electron chi connectivity index (χ0n) is 11.8. The molecule has 0 aliphatic carbocycles. The Hall–Kier alpha value is -2.14. The lowest BCUT2D eigenvalue weighted by Gasteiger charge is -2.03. The van der Waals surface area contributed by atoms with Crippen molar-refractivity contribution < 1.29 is 9.15 Å². The number of aryl methyl sites for hydroxylation is 1. The zero-order chi connectivity index (χ0) is 14.8. The van der Waals surface area contributed by atoms with E-state index >= 15 is 0 Å². The second-order valence-corrected chi connectivity index (χ2v) is 5.00. The van der Waals surface area contributed by atoms with Crippen molar-refractivity contribution in [1.82, 2.24) is 15.0 Å².